The predicted octanol–water partition coefficient (Wildman–Crippen LogP) is 4.98. The second kappa shape index (κ2) is 7.36. The van der Waals surface area contributed by atoms with Crippen LogP contribution in [0.1, 0.15) is 62.4 Å². The molecule has 2 fully saturated rings. The predicted molar refractivity (Wildman–Crippen MR) is 121 cm³/mol. The van der Waals surface area contributed by atoms with E-state index in [2.05, 4.69) is 25.2 Å². The summed E-state index contributed by atoms with van der Waals surface area (Å²) in [5.74, 6) is -0.298. The molecule has 7 heteroatoms. The Bertz CT molecular complexity index is 1210. The van der Waals surface area contributed by atoms with E-state index in [9.17, 15) is 14.7 Å². The molecular formula is C25H29FN2O4. The number of methoxy groups -OCH3 is 1. The zero-order chi connectivity index (χ0) is 22.8. The largest absolute Gasteiger partial charge is 0.492 e. The average Bonchev–Trinajstić information content (AvgIpc) is 3.59. The first-order valence-corrected chi connectivity index (χ1v) is 11.4. The summed E-state index contributed by atoms with van der Waals surface area (Å²) >= 11 is 0. The molecule has 0 saturated heterocycles. The molecule has 6 rings (SSSR count). The third-order valence-corrected chi connectivity index (χ3v) is 7.90. The molecule has 2 N–H and O–H groups in total. The van der Waals surface area contributed by atoms with Crippen molar-refractivity contribution in [2.75, 3.05) is 19.0 Å². The number of hydrogen-bond acceptors (Lipinski definition) is 4. The maximum absolute atomic E-state index is 15.1. The molecule has 4 aliphatic carbocycles. The third kappa shape index (κ3) is 3.12. The number of fused-ring (bicyclic) bond motifs is 2. The van der Waals surface area contributed by atoms with Crippen molar-refractivity contribution < 1.29 is 19.0 Å². The second-order valence-electron chi connectivity index (χ2n) is 9.98. The van der Waals surface area contributed by atoms with E-state index in [1.807, 2.05) is 0 Å². The highest BCUT2D eigenvalue weighted by Gasteiger charge is 2.50. The lowest BCUT2D eigenvalue weighted by atomic mass is 9.48. The van der Waals surface area contributed by atoms with Gasteiger partial charge in [-0.15, -0.1) is 0 Å². The summed E-state index contributed by atoms with van der Waals surface area (Å²) in [7, 11) is 1.45. The van der Waals surface area contributed by atoms with E-state index in [1.165, 1.54) is 25.3 Å². The van der Waals surface area contributed by atoms with Crippen molar-refractivity contribution in [2.24, 2.45) is 17.3 Å². The van der Waals surface area contributed by atoms with Crippen LogP contribution in [0.4, 0.5) is 10.1 Å². The number of aromatic nitrogens is 1. The molecule has 0 amide bonds. The normalized spacial score (nSPS) is 23.4. The maximum Gasteiger partial charge on any atom is 0.341 e. The molecule has 0 aliphatic heterocycles. The Balaban J connectivity index is 1.50. The molecule has 0 radical (unpaired) electrons. The van der Waals surface area contributed by atoms with E-state index in [0.29, 0.717) is 23.4 Å². The standard InChI is InChI=1S/C25H29FN2O4/c1-25(2)14-5-4-13(18(25)10-14)8-9-27-20-19(26)11-16-21(23(20)32-3)28(15-6-7-15)12-17(22(16)29)24(30)31/h4,11-12,14-15,18,27H,5-10H2,1-3H3,(H,30,31)/t14-,18-/m1/s1. The summed E-state index contributed by atoms with van der Waals surface area (Å²) in [4.78, 5) is 24.4. The van der Waals surface area contributed by atoms with E-state index < -0.39 is 17.2 Å². The zero-order valence-corrected chi connectivity index (χ0v) is 18.7. The quantitative estimate of drug-likeness (QED) is 0.594. The van der Waals surface area contributed by atoms with E-state index in [-0.39, 0.29) is 28.4 Å². The summed E-state index contributed by atoms with van der Waals surface area (Å²) in [5.41, 5.74) is 1.41. The molecule has 0 unspecified atom stereocenters. The number of hydrogen-bond donors (Lipinski definition) is 2. The zero-order valence-electron chi connectivity index (χ0n) is 18.7. The van der Waals surface area contributed by atoms with Crippen LogP contribution >= 0.6 is 0 Å². The van der Waals surface area contributed by atoms with Crippen LogP contribution in [0.25, 0.3) is 10.9 Å². The van der Waals surface area contributed by atoms with E-state index in [4.69, 9.17) is 4.74 Å². The lowest BCUT2D eigenvalue weighted by molar-refractivity contribution is -0.00789. The van der Waals surface area contributed by atoms with Crippen LogP contribution in [-0.2, 0) is 0 Å². The minimum atomic E-state index is -1.31. The van der Waals surface area contributed by atoms with Crippen LogP contribution in [0.2, 0.25) is 0 Å². The highest BCUT2D eigenvalue weighted by Crippen LogP contribution is 2.59. The molecular weight excluding hydrogens is 411 g/mol. The summed E-state index contributed by atoms with van der Waals surface area (Å²) in [6.45, 7) is 5.23. The van der Waals surface area contributed by atoms with Gasteiger partial charge in [-0.05, 0) is 55.4 Å². The first-order valence-electron chi connectivity index (χ1n) is 11.4. The number of nitrogens with zero attached hydrogens (tertiary/aromatic N) is 1. The van der Waals surface area contributed by atoms with Gasteiger partial charge in [0.15, 0.2) is 11.6 Å². The minimum Gasteiger partial charge on any atom is -0.492 e. The van der Waals surface area contributed by atoms with Gasteiger partial charge in [0.2, 0.25) is 5.43 Å². The Morgan fingerprint density at radius 3 is 2.72 bits per heavy atom. The molecule has 1 aromatic heterocycles. The van der Waals surface area contributed by atoms with Gasteiger partial charge < -0.3 is 19.7 Å². The maximum atomic E-state index is 15.1. The number of benzene rings is 1. The van der Waals surface area contributed by atoms with Crippen LogP contribution in [0, 0.1) is 23.1 Å². The number of aromatic carboxylic acids is 1. The number of halogens is 1. The number of anilines is 1. The topological polar surface area (TPSA) is 80.6 Å². The molecule has 1 aromatic carbocycles. The van der Waals surface area contributed by atoms with E-state index >= 15 is 4.39 Å². The fourth-order valence-corrected chi connectivity index (χ4v) is 5.70. The molecule has 2 bridgehead atoms. The van der Waals surface area contributed by atoms with Gasteiger partial charge >= 0.3 is 5.97 Å². The van der Waals surface area contributed by atoms with Gasteiger partial charge in [-0.2, -0.15) is 0 Å². The molecule has 2 atom stereocenters. The SMILES string of the molecule is COc1c(NCCC2=CC[C@@H]3C[C@H]2C3(C)C)c(F)cc2c(=O)c(C(=O)O)cn(C3CC3)c12. The Hall–Kier alpha value is -2.83. The number of nitrogens with one attached hydrogen (secondary N) is 1. The Labute approximate surface area is 186 Å². The average molecular weight is 441 g/mol. The number of carbonyl (C=O) groups is 1. The summed E-state index contributed by atoms with van der Waals surface area (Å²) < 4.78 is 22.5. The van der Waals surface area contributed by atoms with Gasteiger partial charge in [-0.25, -0.2) is 9.18 Å². The summed E-state index contributed by atoms with van der Waals surface area (Å²) in [5, 5.41) is 12.7. The van der Waals surface area contributed by atoms with Crippen molar-refractivity contribution in [3.63, 3.8) is 0 Å². The highest BCUT2D eigenvalue weighted by atomic mass is 19.1. The molecule has 1 heterocycles. The smallest absolute Gasteiger partial charge is 0.341 e. The number of carboxylic acid groups (broad SMARTS) is 1. The monoisotopic (exact) mass is 440 g/mol. The number of rotatable bonds is 7. The first kappa shape index (κ1) is 21.0. The number of allylic oxidation sites excluding steroid dienone is 1. The lowest BCUT2D eigenvalue weighted by Gasteiger charge is -2.56. The first-order chi connectivity index (χ1) is 15.2. The van der Waals surface area contributed by atoms with Crippen LogP contribution in [0.5, 0.6) is 5.75 Å². The Morgan fingerprint density at radius 1 is 1.38 bits per heavy atom. The molecule has 2 aromatic rings. The fraction of sp³-hybridized carbons (Fsp3) is 0.520. The van der Waals surface area contributed by atoms with Crippen molar-refractivity contribution >= 4 is 22.6 Å². The van der Waals surface area contributed by atoms with Crippen molar-refractivity contribution in [2.45, 2.75) is 52.0 Å². The van der Waals surface area contributed by atoms with Gasteiger partial charge in [0.1, 0.15) is 11.3 Å². The number of carboxylic acids is 1. The van der Waals surface area contributed by atoms with Crippen LogP contribution in [0.3, 0.4) is 0 Å². The fourth-order valence-electron chi connectivity index (χ4n) is 5.70. The highest BCUT2D eigenvalue weighted by molar-refractivity contribution is 5.97. The van der Waals surface area contributed by atoms with Gasteiger partial charge in [-0.3, -0.25) is 4.79 Å². The molecule has 4 aliphatic rings. The van der Waals surface area contributed by atoms with Crippen LogP contribution in [-0.4, -0.2) is 29.3 Å². The lowest BCUT2D eigenvalue weighted by Crippen LogP contribution is -2.48. The Morgan fingerprint density at radius 2 is 2.12 bits per heavy atom. The van der Waals surface area contributed by atoms with Crippen molar-refractivity contribution in [3.8, 4) is 5.75 Å². The van der Waals surface area contributed by atoms with Crippen molar-refractivity contribution in [1.29, 1.82) is 0 Å². The molecule has 170 valence electrons. The van der Waals surface area contributed by atoms with Crippen LogP contribution in [0.15, 0.2) is 28.7 Å². The number of pyridine rings is 1. The third-order valence-electron chi connectivity index (χ3n) is 7.90. The van der Waals surface area contributed by atoms with Gasteiger partial charge in [0, 0.05) is 18.8 Å². The van der Waals surface area contributed by atoms with Crippen LogP contribution < -0.4 is 15.5 Å². The van der Waals surface area contributed by atoms with Gasteiger partial charge in [-0.1, -0.05) is 25.5 Å². The minimum absolute atomic E-state index is 0.0361. The second-order valence-corrected chi connectivity index (χ2v) is 9.98. The Kier molecular flexibility index (Phi) is 4.84. The van der Waals surface area contributed by atoms with Crippen molar-refractivity contribution in [3.05, 3.63) is 45.5 Å². The number of ether oxygens (including phenoxy) is 1. The molecule has 0 spiro atoms. The van der Waals surface area contributed by atoms with Crippen molar-refractivity contribution in [1.82, 2.24) is 4.57 Å². The summed E-state index contributed by atoms with van der Waals surface area (Å²) in [6.07, 6.45) is 8.67. The van der Waals surface area contributed by atoms with Gasteiger partial charge in [0.05, 0.1) is 18.0 Å². The summed E-state index contributed by atoms with van der Waals surface area (Å²) in [6, 6.07) is 1.23. The van der Waals surface area contributed by atoms with Gasteiger partial charge in [0.25, 0.3) is 0 Å². The van der Waals surface area contributed by atoms with E-state index in [1.54, 1.807) is 4.57 Å². The molecule has 6 nitrogen and oxygen atoms in total. The molecule has 2 saturated carbocycles. The van der Waals surface area contributed by atoms with E-state index in [0.717, 1.165) is 37.7 Å². The molecule has 32 heavy (non-hydrogen) atoms.